The summed E-state index contributed by atoms with van der Waals surface area (Å²) in [6, 6.07) is 14.0. The Morgan fingerprint density at radius 2 is 1.68 bits per heavy atom. The summed E-state index contributed by atoms with van der Waals surface area (Å²) >= 11 is 1.28. The number of nitriles is 1. The van der Waals surface area contributed by atoms with Crippen LogP contribution in [0.5, 0.6) is 0 Å². The molecule has 0 bridgehead atoms. The minimum absolute atomic E-state index is 0.316. The Bertz CT molecular complexity index is 911. The second kappa shape index (κ2) is 11.1. The molecule has 0 amide bonds. The van der Waals surface area contributed by atoms with Crippen molar-refractivity contribution < 1.29 is 13.2 Å². The van der Waals surface area contributed by atoms with Crippen molar-refractivity contribution >= 4 is 22.2 Å². The van der Waals surface area contributed by atoms with Crippen LogP contribution < -0.4 is 5.32 Å². The lowest BCUT2D eigenvalue weighted by Gasteiger charge is -2.08. The van der Waals surface area contributed by atoms with Crippen LogP contribution in [0.2, 0.25) is 0 Å². The van der Waals surface area contributed by atoms with Crippen LogP contribution in [0, 0.1) is 11.3 Å². The summed E-state index contributed by atoms with van der Waals surface area (Å²) in [5.41, 5.74) is 1.56. The van der Waals surface area contributed by atoms with E-state index < -0.39 is 11.7 Å². The minimum Gasteiger partial charge on any atom is -0.332 e. The summed E-state index contributed by atoms with van der Waals surface area (Å²) in [6.07, 6.45) is -4.39. The highest BCUT2D eigenvalue weighted by Gasteiger charge is 2.30. The van der Waals surface area contributed by atoms with Crippen LogP contribution in [-0.4, -0.2) is 4.98 Å². The third-order valence-electron chi connectivity index (χ3n) is 3.23. The Kier molecular flexibility index (Phi) is 9.19. The summed E-state index contributed by atoms with van der Waals surface area (Å²) in [7, 11) is 0. The molecule has 0 saturated heterocycles. The summed E-state index contributed by atoms with van der Waals surface area (Å²) < 4.78 is 38.2. The first-order valence-electron chi connectivity index (χ1n) is 8.86. The van der Waals surface area contributed by atoms with E-state index in [9.17, 15) is 13.2 Å². The molecule has 0 atom stereocenters. The third kappa shape index (κ3) is 6.39. The van der Waals surface area contributed by atoms with Crippen molar-refractivity contribution in [3.8, 4) is 17.3 Å². The molecular weight excluding hydrogens is 383 g/mol. The SMILES string of the molecule is CC.CC.N#Cc1cccc(-c2csc(Nc3cccc(C(F)(F)F)c3)n2)c1. The molecule has 2 aromatic carbocycles. The lowest BCUT2D eigenvalue weighted by molar-refractivity contribution is -0.137. The number of hydrogen-bond donors (Lipinski definition) is 1. The molecule has 3 rings (SSSR count). The van der Waals surface area contributed by atoms with E-state index in [1.807, 2.05) is 33.8 Å². The van der Waals surface area contributed by atoms with Gasteiger partial charge in [0.15, 0.2) is 5.13 Å². The second-order valence-corrected chi connectivity index (χ2v) is 5.79. The predicted octanol–water partition coefficient (Wildman–Crippen LogP) is 7.50. The molecule has 148 valence electrons. The van der Waals surface area contributed by atoms with Crippen LogP contribution in [0.4, 0.5) is 24.0 Å². The number of thiazole rings is 1. The van der Waals surface area contributed by atoms with E-state index in [-0.39, 0.29) is 0 Å². The number of aromatic nitrogens is 1. The van der Waals surface area contributed by atoms with Crippen LogP contribution in [0.25, 0.3) is 11.3 Å². The van der Waals surface area contributed by atoms with E-state index in [1.165, 1.54) is 17.4 Å². The number of hydrogen-bond acceptors (Lipinski definition) is 4. The van der Waals surface area contributed by atoms with Gasteiger partial charge in [0, 0.05) is 16.6 Å². The first-order chi connectivity index (χ1) is 13.5. The Balaban J connectivity index is 0.000000921. The van der Waals surface area contributed by atoms with Gasteiger partial charge in [-0.15, -0.1) is 11.3 Å². The molecule has 0 radical (unpaired) electrons. The number of anilines is 2. The smallest absolute Gasteiger partial charge is 0.332 e. The molecule has 0 aliphatic rings. The van der Waals surface area contributed by atoms with Crippen molar-refractivity contribution in [2.45, 2.75) is 33.9 Å². The monoisotopic (exact) mass is 405 g/mol. The van der Waals surface area contributed by atoms with Gasteiger partial charge in [-0.3, -0.25) is 0 Å². The summed E-state index contributed by atoms with van der Waals surface area (Å²) in [5.74, 6) is 0. The van der Waals surface area contributed by atoms with Gasteiger partial charge in [0.25, 0.3) is 0 Å². The van der Waals surface area contributed by atoms with E-state index in [1.54, 1.807) is 29.6 Å². The topological polar surface area (TPSA) is 48.7 Å². The van der Waals surface area contributed by atoms with E-state index in [4.69, 9.17) is 5.26 Å². The third-order valence-corrected chi connectivity index (χ3v) is 3.99. The maximum absolute atomic E-state index is 12.7. The standard InChI is InChI=1S/C17H10F3N3S.2C2H6/c18-17(19,20)13-5-2-6-14(8-13)22-16-23-15(10-24-16)12-4-1-3-11(7-12)9-21;2*1-2/h1-8,10H,(H,22,23);2*1-2H3. The molecule has 28 heavy (non-hydrogen) atoms. The average Bonchev–Trinajstić information content (AvgIpc) is 3.19. The summed E-state index contributed by atoms with van der Waals surface area (Å²) in [6.45, 7) is 8.00. The maximum atomic E-state index is 12.7. The minimum atomic E-state index is -4.39. The number of nitrogens with zero attached hydrogens (tertiary/aromatic N) is 2. The van der Waals surface area contributed by atoms with Gasteiger partial charge < -0.3 is 5.32 Å². The van der Waals surface area contributed by atoms with Gasteiger partial charge >= 0.3 is 6.18 Å². The first-order valence-corrected chi connectivity index (χ1v) is 9.74. The Morgan fingerprint density at radius 1 is 1.00 bits per heavy atom. The normalized spacial score (nSPS) is 9.93. The summed E-state index contributed by atoms with van der Waals surface area (Å²) in [4.78, 5) is 4.36. The molecule has 1 aromatic heterocycles. The number of halogens is 3. The van der Waals surface area contributed by atoms with E-state index in [0.717, 1.165) is 17.7 Å². The fourth-order valence-corrected chi connectivity index (χ4v) is 2.85. The van der Waals surface area contributed by atoms with Gasteiger partial charge in [0.2, 0.25) is 0 Å². The molecule has 0 unspecified atom stereocenters. The number of benzene rings is 2. The molecule has 0 spiro atoms. The fourth-order valence-electron chi connectivity index (χ4n) is 2.11. The van der Waals surface area contributed by atoms with E-state index in [0.29, 0.717) is 22.1 Å². The van der Waals surface area contributed by atoms with Crippen molar-refractivity contribution in [3.63, 3.8) is 0 Å². The molecule has 7 heteroatoms. The molecule has 3 aromatic rings. The summed E-state index contributed by atoms with van der Waals surface area (Å²) in [5, 5.41) is 14.1. The van der Waals surface area contributed by atoms with E-state index >= 15 is 0 Å². The molecule has 1 heterocycles. The first kappa shape index (κ1) is 23.2. The van der Waals surface area contributed by atoms with Crippen molar-refractivity contribution in [1.29, 1.82) is 5.26 Å². The highest BCUT2D eigenvalue weighted by atomic mass is 32.1. The van der Waals surface area contributed by atoms with Gasteiger partial charge in [-0.2, -0.15) is 18.4 Å². The van der Waals surface area contributed by atoms with Gasteiger partial charge in [-0.05, 0) is 30.3 Å². The van der Waals surface area contributed by atoms with Crippen LogP contribution >= 0.6 is 11.3 Å². The number of alkyl halides is 3. The lowest BCUT2D eigenvalue weighted by atomic mass is 10.1. The molecule has 0 fully saturated rings. The zero-order valence-corrected chi connectivity index (χ0v) is 16.9. The Hall–Kier alpha value is -2.85. The number of nitrogens with one attached hydrogen (secondary N) is 1. The van der Waals surface area contributed by atoms with Crippen molar-refractivity contribution in [1.82, 2.24) is 4.98 Å². The predicted molar refractivity (Wildman–Crippen MR) is 110 cm³/mol. The maximum Gasteiger partial charge on any atom is 0.416 e. The lowest BCUT2D eigenvalue weighted by Crippen LogP contribution is -2.05. The van der Waals surface area contributed by atoms with Crippen LogP contribution in [0.15, 0.2) is 53.9 Å². The van der Waals surface area contributed by atoms with Crippen molar-refractivity contribution in [2.75, 3.05) is 5.32 Å². The van der Waals surface area contributed by atoms with Crippen LogP contribution in [-0.2, 0) is 6.18 Å². The highest BCUT2D eigenvalue weighted by molar-refractivity contribution is 7.14. The molecule has 0 aliphatic carbocycles. The molecule has 1 N–H and O–H groups in total. The van der Waals surface area contributed by atoms with Gasteiger partial charge in [0.1, 0.15) is 0 Å². The average molecular weight is 405 g/mol. The quantitative estimate of drug-likeness (QED) is 0.491. The van der Waals surface area contributed by atoms with Crippen LogP contribution in [0.1, 0.15) is 38.8 Å². The zero-order chi connectivity index (χ0) is 21.2. The molecular formula is C21H22F3N3S. The van der Waals surface area contributed by atoms with Gasteiger partial charge in [0.05, 0.1) is 22.9 Å². The van der Waals surface area contributed by atoms with Crippen molar-refractivity contribution in [2.24, 2.45) is 0 Å². The Labute approximate surface area is 167 Å². The largest absolute Gasteiger partial charge is 0.416 e. The van der Waals surface area contributed by atoms with Gasteiger partial charge in [-0.1, -0.05) is 45.9 Å². The van der Waals surface area contributed by atoms with E-state index in [2.05, 4.69) is 16.4 Å². The van der Waals surface area contributed by atoms with Gasteiger partial charge in [-0.25, -0.2) is 4.98 Å². The number of rotatable bonds is 3. The second-order valence-electron chi connectivity index (χ2n) is 4.93. The van der Waals surface area contributed by atoms with Crippen LogP contribution in [0.3, 0.4) is 0 Å². The Morgan fingerprint density at radius 3 is 2.32 bits per heavy atom. The highest BCUT2D eigenvalue weighted by Crippen LogP contribution is 2.32. The zero-order valence-electron chi connectivity index (χ0n) is 16.1. The fraction of sp³-hybridized carbons (Fsp3) is 0.238. The molecule has 3 nitrogen and oxygen atoms in total. The van der Waals surface area contributed by atoms with Crippen molar-refractivity contribution in [3.05, 3.63) is 65.0 Å². The molecule has 0 saturated carbocycles. The molecule has 0 aliphatic heterocycles.